The van der Waals surface area contributed by atoms with Crippen molar-refractivity contribution in [3.8, 4) is 0 Å². The fraction of sp³-hybridized carbons (Fsp3) is 0.588. The minimum atomic E-state index is 0.536. The average molecular weight is 313 g/mol. The summed E-state index contributed by atoms with van der Waals surface area (Å²) in [4.78, 5) is 6.80. The lowest BCUT2D eigenvalue weighted by Crippen LogP contribution is -2.23. The first-order chi connectivity index (χ1) is 11.3. The lowest BCUT2D eigenvalue weighted by molar-refractivity contribution is 0.278. The number of pyridine rings is 1. The maximum atomic E-state index is 5.76. The number of aromatic nitrogens is 3. The van der Waals surface area contributed by atoms with Crippen LogP contribution in [-0.2, 0) is 6.54 Å². The normalized spacial score (nSPS) is 21.7. The molecule has 2 aromatic rings. The lowest BCUT2D eigenvalue weighted by Gasteiger charge is -2.14. The van der Waals surface area contributed by atoms with Crippen molar-refractivity contribution >= 4 is 5.82 Å². The van der Waals surface area contributed by atoms with Gasteiger partial charge in [-0.3, -0.25) is 4.90 Å². The largest absolute Gasteiger partial charge is 0.424 e. The zero-order valence-electron chi connectivity index (χ0n) is 13.5. The van der Waals surface area contributed by atoms with Crippen molar-refractivity contribution in [1.82, 2.24) is 20.1 Å². The van der Waals surface area contributed by atoms with E-state index in [0.717, 1.165) is 43.8 Å². The lowest BCUT2D eigenvalue weighted by atomic mass is 10.1. The van der Waals surface area contributed by atoms with E-state index in [-0.39, 0.29) is 0 Å². The topological polar surface area (TPSA) is 67.1 Å². The van der Waals surface area contributed by atoms with Crippen molar-refractivity contribution in [2.75, 3.05) is 25.0 Å². The number of likely N-dealkylation sites (tertiary alicyclic amines) is 1. The summed E-state index contributed by atoms with van der Waals surface area (Å²) in [7, 11) is 0. The average Bonchev–Trinajstić information content (AvgIpc) is 3.14. The van der Waals surface area contributed by atoms with Gasteiger partial charge >= 0.3 is 0 Å². The van der Waals surface area contributed by atoms with Crippen molar-refractivity contribution in [2.24, 2.45) is 5.92 Å². The smallest absolute Gasteiger partial charge is 0.230 e. The van der Waals surface area contributed by atoms with Gasteiger partial charge in [0, 0.05) is 25.2 Å². The molecule has 6 heteroatoms. The molecule has 23 heavy (non-hydrogen) atoms. The molecule has 3 heterocycles. The highest BCUT2D eigenvalue weighted by Crippen LogP contribution is 2.39. The zero-order valence-corrected chi connectivity index (χ0v) is 13.5. The Morgan fingerprint density at radius 3 is 2.96 bits per heavy atom. The molecule has 0 unspecified atom stereocenters. The number of nitrogens with one attached hydrogen (secondary N) is 1. The maximum absolute atomic E-state index is 5.76. The van der Waals surface area contributed by atoms with E-state index in [1.807, 2.05) is 12.3 Å². The van der Waals surface area contributed by atoms with Gasteiger partial charge < -0.3 is 9.73 Å². The summed E-state index contributed by atoms with van der Waals surface area (Å²) >= 11 is 0. The van der Waals surface area contributed by atoms with Crippen LogP contribution in [-0.4, -0.2) is 39.7 Å². The molecule has 1 saturated heterocycles. The minimum absolute atomic E-state index is 0.536. The van der Waals surface area contributed by atoms with Crippen LogP contribution in [0.25, 0.3) is 0 Å². The van der Waals surface area contributed by atoms with Crippen molar-refractivity contribution in [1.29, 1.82) is 0 Å². The van der Waals surface area contributed by atoms with E-state index in [1.54, 1.807) is 0 Å². The third kappa shape index (κ3) is 3.69. The third-order valence-corrected chi connectivity index (χ3v) is 4.62. The molecule has 1 atom stereocenters. The van der Waals surface area contributed by atoms with Gasteiger partial charge in [-0.2, -0.15) is 0 Å². The first-order valence-corrected chi connectivity index (χ1v) is 8.47. The second kappa shape index (κ2) is 6.28. The minimum Gasteiger partial charge on any atom is -0.424 e. The van der Waals surface area contributed by atoms with Crippen LogP contribution in [0.4, 0.5) is 5.82 Å². The predicted octanol–water partition coefficient (Wildman–Crippen LogP) is 2.58. The van der Waals surface area contributed by atoms with Gasteiger partial charge in [0.25, 0.3) is 0 Å². The van der Waals surface area contributed by atoms with Gasteiger partial charge in [0.1, 0.15) is 5.82 Å². The highest BCUT2D eigenvalue weighted by atomic mass is 16.4. The molecule has 4 rings (SSSR count). The molecular weight excluding hydrogens is 290 g/mol. The van der Waals surface area contributed by atoms with Crippen LogP contribution in [0.15, 0.2) is 22.7 Å². The summed E-state index contributed by atoms with van der Waals surface area (Å²) in [5.74, 6) is 3.74. The molecule has 1 aliphatic heterocycles. The summed E-state index contributed by atoms with van der Waals surface area (Å²) in [6.45, 7) is 5.95. The number of hydrogen-bond acceptors (Lipinski definition) is 6. The molecule has 0 spiro atoms. The number of rotatable bonds is 6. The molecule has 0 bridgehead atoms. The molecule has 0 amide bonds. The van der Waals surface area contributed by atoms with Crippen LogP contribution in [0.5, 0.6) is 0 Å². The highest BCUT2D eigenvalue weighted by Gasteiger charge is 2.30. The Morgan fingerprint density at radius 1 is 1.26 bits per heavy atom. The molecule has 6 nitrogen and oxygen atoms in total. The molecule has 1 aliphatic carbocycles. The van der Waals surface area contributed by atoms with Gasteiger partial charge in [-0.15, -0.1) is 10.2 Å². The Balaban J connectivity index is 1.24. The van der Waals surface area contributed by atoms with E-state index in [0.29, 0.717) is 11.8 Å². The Kier molecular flexibility index (Phi) is 3.99. The van der Waals surface area contributed by atoms with Gasteiger partial charge in [0.05, 0.1) is 6.54 Å². The second-order valence-electron chi connectivity index (χ2n) is 6.80. The van der Waals surface area contributed by atoms with Gasteiger partial charge in [-0.1, -0.05) is 6.07 Å². The maximum Gasteiger partial charge on any atom is 0.230 e. The van der Waals surface area contributed by atoms with E-state index in [1.165, 1.54) is 24.8 Å². The van der Waals surface area contributed by atoms with Crippen LogP contribution in [0.2, 0.25) is 0 Å². The first kappa shape index (κ1) is 14.6. The molecular formula is C17H23N5O. The number of nitrogens with zero attached hydrogens (tertiary/aromatic N) is 4. The van der Waals surface area contributed by atoms with E-state index in [2.05, 4.69) is 38.4 Å². The SMILES string of the molecule is Cc1ccc(NC[C@H]2CCN(Cc3nnc(C4CC4)o3)C2)nc1. The van der Waals surface area contributed by atoms with Crippen molar-refractivity contribution < 1.29 is 4.42 Å². The molecule has 0 radical (unpaired) electrons. The van der Waals surface area contributed by atoms with E-state index < -0.39 is 0 Å². The summed E-state index contributed by atoms with van der Waals surface area (Å²) in [5, 5.41) is 11.8. The first-order valence-electron chi connectivity index (χ1n) is 8.47. The second-order valence-corrected chi connectivity index (χ2v) is 6.80. The Morgan fingerprint density at radius 2 is 2.17 bits per heavy atom. The number of anilines is 1. The van der Waals surface area contributed by atoms with Gasteiger partial charge in [0.15, 0.2) is 0 Å². The van der Waals surface area contributed by atoms with Crippen LogP contribution in [0.1, 0.15) is 42.5 Å². The van der Waals surface area contributed by atoms with E-state index in [9.17, 15) is 0 Å². The number of aryl methyl sites for hydroxylation is 1. The molecule has 1 N–H and O–H groups in total. The standard InChI is InChI=1S/C17H23N5O/c1-12-2-5-15(18-8-12)19-9-13-6-7-22(10-13)11-16-20-21-17(23-16)14-3-4-14/h2,5,8,13-14H,3-4,6-7,9-11H2,1H3,(H,18,19)/t13-/m1/s1. The highest BCUT2D eigenvalue weighted by molar-refractivity contribution is 5.35. The Hall–Kier alpha value is -1.95. The van der Waals surface area contributed by atoms with Gasteiger partial charge in [-0.25, -0.2) is 4.98 Å². The van der Waals surface area contributed by atoms with Crippen molar-refractivity contribution in [3.05, 3.63) is 35.7 Å². The van der Waals surface area contributed by atoms with Gasteiger partial charge in [0.2, 0.25) is 11.8 Å². The van der Waals surface area contributed by atoms with Crippen LogP contribution in [0, 0.1) is 12.8 Å². The van der Waals surface area contributed by atoms with Crippen LogP contribution >= 0.6 is 0 Å². The van der Waals surface area contributed by atoms with E-state index >= 15 is 0 Å². The molecule has 0 aromatic carbocycles. The zero-order chi connectivity index (χ0) is 15.6. The third-order valence-electron chi connectivity index (χ3n) is 4.62. The molecule has 122 valence electrons. The Bertz CT molecular complexity index is 649. The Labute approximate surface area is 136 Å². The monoisotopic (exact) mass is 313 g/mol. The quantitative estimate of drug-likeness (QED) is 0.884. The molecule has 2 aromatic heterocycles. The fourth-order valence-corrected chi connectivity index (χ4v) is 3.06. The van der Waals surface area contributed by atoms with Crippen molar-refractivity contribution in [2.45, 2.75) is 38.6 Å². The molecule has 2 fully saturated rings. The van der Waals surface area contributed by atoms with Gasteiger partial charge in [-0.05, 0) is 50.3 Å². The van der Waals surface area contributed by atoms with Crippen LogP contribution in [0.3, 0.4) is 0 Å². The summed E-state index contributed by atoms with van der Waals surface area (Å²) in [6, 6.07) is 4.13. The summed E-state index contributed by atoms with van der Waals surface area (Å²) in [5.41, 5.74) is 1.19. The molecule has 2 aliphatic rings. The summed E-state index contributed by atoms with van der Waals surface area (Å²) in [6.07, 6.45) is 5.50. The molecule has 1 saturated carbocycles. The number of hydrogen-bond donors (Lipinski definition) is 1. The van der Waals surface area contributed by atoms with E-state index in [4.69, 9.17) is 4.42 Å². The fourth-order valence-electron chi connectivity index (χ4n) is 3.06. The predicted molar refractivity (Wildman–Crippen MR) is 87.1 cm³/mol. The van der Waals surface area contributed by atoms with Crippen LogP contribution < -0.4 is 5.32 Å². The summed E-state index contributed by atoms with van der Waals surface area (Å²) < 4.78 is 5.76. The van der Waals surface area contributed by atoms with Crippen molar-refractivity contribution in [3.63, 3.8) is 0 Å².